The Hall–Kier alpha value is -2.94. The van der Waals surface area contributed by atoms with E-state index >= 15 is 0 Å². The average Bonchev–Trinajstić information content (AvgIpc) is 2.51. The average molecular weight is 302 g/mol. The van der Waals surface area contributed by atoms with Gasteiger partial charge in [0.2, 0.25) is 12.2 Å². The highest BCUT2D eigenvalue weighted by Crippen LogP contribution is 2.15. The van der Waals surface area contributed by atoms with Crippen molar-refractivity contribution in [1.82, 2.24) is 0 Å². The minimum absolute atomic E-state index is 0.268. The summed E-state index contributed by atoms with van der Waals surface area (Å²) in [5.74, 6) is -0.585. The standard InChI is InChI=1S/2C8H6FNO/c1-6-4-7(10-5-11)2-3-8(6)9;9-8-3-1-7(2-4-8)5-10-6-11/h2-4H,1H3;1-4H,5H2. The van der Waals surface area contributed by atoms with Gasteiger partial charge in [0.25, 0.3) is 0 Å². The van der Waals surface area contributed by atoms with Crippen LogP contribution in [0.3, 0.4) is 0 Å². The van der Waals surface area contributed by atoms with E-state index in [1.165, 1.54) is 42.5 Å². The lowest BCUT2D eigenvalue weighted by molar-refractivity contribution is 0.562. The van der Waals surface area contributed by atoms with Crippen LogP contribution in [-0.2, 0) is 16.1 Å². The molecule has 22 heavy (non-hydrogen) atoms. The van der Waals surface area contributed by atoms with Gasteiger partial charge < -0.3 is 0 Å². The summed E-state index contributed by atoms with van der Waals surface area (Å²) in [4.78, 5) is 26.1. The van der Waals surface area contributed by atoms with Crippen molar-refractivity contribution in [3.05, 3.63) is 65.2 Å². The third kappa shape index (κ3) is 6.01. The molecule has 0 spiro atoms. The van der Waals surface area contributed by atoms with E-state index in [1.807, 2.05) is 0 Å². The predicted octanol–water partition coefficient (Wildman–Crippen LogP) is 3.76. The van der Waals surface area contributed by atoms with Crippen molar-refractivity contribution in [1.29, 1.82) is 0 Å². The number of rotatable bonds is 3. The highest BCUT2D eigenvalue weighted by Gasteiger charge is 1.96. The van der Waals surface area contributed by atoms with E-state index in [-0.39, 0.29) is 18.2 Å². The van der Waals surface area contributed by atoms with Crippen molar-refractivity contribution >= 4 is 17.8 Å². The molecule has 0 fully saturated rings. The molecule has 0 aliphatic carbocycles. The SMILES string of the molecule is Cc1cc(N=C=O)ccc1F.O=C=NCc1ccc(F)cc1. The van der Waals surface area contributed by atoms with E-state index in [2.05, 4.69) is 9.98 Å². The molecular weight excluding hydrogens is 290 g/mol. The van der Waals surface area contributed by atoms with Gasteiger partial charge in [0.1, 0.15) is 11.6 Å². The van der Waals surface area contributed by atoms with Gasteiger partial charge in [-0.25, -0.2) is 23.4 Å². The molecule has 0 saturated carbocycles. The first-order valence-corrected chi connectivity index (χ1v) is 6.19. The second-order valence-corrected chi connectivity index (χ2v) is 4.17. The van der Waals surface area contributed by atoms with Crippen LogP contribution in [0.4, 0.5) is 14.5 Å². The van der Waals surface area contributed by atoms with Crippen LogP contribution in [0.5, 0.6) is 0 Å². The third-order valence-corrected chi connectivity index (χ3v) is 2.56. The quantitative estimate of drug-likeness (QED) is 0.640. The molecule has 0 aromatic heterocycles. The van der Waals surface area contributed by atoms with Gasteiger partial charge in [-0.15, -0.1) is 0 Å². The zero-order chi connectivity index (χ0) is 16.4. The number of benzene rings is 2. The largest absolute Gasteiger partial charge is 0.240 e. The summed E-state index contributed by atoms with van der Waals surface area (Å²) in [5.41, 5.74) is 1.70. The molecule has 0 atom stereocenters. The molecule has 112 valence electrons. The van der Waals surface area contributed by atoms with Crippen molar-refractivity contribution in [2.24, 2.45) is 9.98 Å². The molecule has 0 unspecified atom stereocenters. The summed E-state index contributed by atoms with van der Waals surface area (Å²) in [7, 11) is 0. The Kier molecular flexibility index (Phi) is 7.06. The Bertz CT molecular complexity index is 717. The molecule has 0 aliphatic rings. The van der Waals surface area contributed by atoms with E-state index in [4.69, 9.17) is 0 Å². The Morgan fingerprint density at radius 2 is 1.68 bits per heavy atom. The van der Waals surface area contributed by atoms with E-state index in [0.29, 0.717) is 11.3 Å². The van der Waals surface area contributed by atoms with Crippen molar-refractivity contribution in [2.45, 2.75) is 13.5 Å². The lowest BCUT2D eigenvalue weighted by Crippen LogP contribution is -1.80. The molecule has 0 aliphatic heterocycles. The van der Waals surface area contributed by atoms with E-state index in [1.54, 1.807) is 19.1 Å². The number of carbonyl (C=O) groups excluding carboxylic acids is 2. The number of halogens is 2. The van der Waals surface area contributed by atoms with E-state index in [9.17, 15) is 18.4 Å². The topological polar surface area (TPSA) is 58.9 Å². The molecule has 0 N–H and O–H groups in total. The van der Waals surface area contributed by atoms with Crippen molar-refractivity contribution < 1.29 is 18.4 Å². The molecule has 6 heteroatoms. The summed E-state index contributed by atoms with van der Waals surface area (Å²) in [6.45, 7) is 1.88. The van der Waals surface area contributed by atoms with Gasteiger partial charge in [-0.3, -0.25) is 0 Å². The van der Waals surface area contributed by atoms with Crippen LogP contribution in [0.25, 0.3) is 0 Å². The molecule has 2 aromatic carbocycles. The Morgan fingerprint density at radius 3 is 2.23 bits per heavy atom. The highest BCUT2D eigenvalue weighted by molar-refractivity contribution is 5.49. The van der Waals surface area contributed by atoms with Crippen molar-refractivity contribution in [3.63, 3.8) is 0 Å². The monoisotopic (exact) mass is 302 g/mol. The van der Waals surface area contributed by atoms with E-state index in [0.717, 1.165) is 5.56 Å². The van der Waals surface area contributed by atoms with Gasteiger partial charge in [-0.05, 0) is 48.4 Å². The summed E-state index contributed by atoms with van der Waals surface area (Å²) < 4.78 is 24.9. The second kappa shape index (κ2) is 9.08. The first kappa shape index (κ1) is 17.1. The number of nitrogens with zero attached hydrogens (tertiary/aromatic N) is 2. The van der Waals surface area contributed by atoms with Crippen LogP contribution >= 0.6 is 0 Å². The van der Waals surface area contributed by atoms with Crippen LogP contribution in [-0.4, -0.2) is 12.2 Å². The number of hydrogen-bond donors (Lipinski definition) is 0. The maximum Gasteiger partial charge on any atom is 0.240 e. The van der Waals surface area contributed by atoms with Crippen molar-refractivity contribution in [3.8, 4) is 0 Å². The van der Waals surface area contributed by atoms with Crippen LogP contribution in [0.2, 0.25) is 0 Å². The fourth-order valence-electron chi connectivity index (χ4n) is 1.46. The van der Waals surface area contributed by atoms with E-state index < -0.39 is 0 Å². The minimum atomic E-state index is -0.296. The lowest BCUT2D eigenvalue weighted by Gasteiger charge is -1.94. The van der Waals surface area contributed by atoms with Gasteiger partial charge in [0.15, 0.2) is 0 Å². The predicted molar refractivity (Wildman–Crippen MR) is 77.1 cm³/mol. The molecule has 2 aromatic rings. The Balaban J connectivity index is 0.000000220. The second-order valence-electron chi connectivity index (χ2n) is 4.17. The molecule has 2 rings (SSSR count). The highest BCUT2D eigenvalue weighted by atomic mass is 19.1. The van der Waals surface area contributed by atoms with Crippen LogP contribution in [0.1, 0.15) is 11.1 Å². The molecule has 0 saturated heterocycles. The number of isocyanates is 2. The van der Waals surface area contributed by atoms with Crippen LogP contribution < -0.4 is 0 Å². The first-order valence-electron chi connectivity index (χ1n) is 6.19. The Labute approximate surface area is 125 Å². The number of aryl methyl sites for hydroxylation is 1. The summed E-state index contributed by atoms with van der Waals surface area (Å²) in [6, 6.07) is 10.00. The zero-order valence-electron chi connectivity index (χ0n) is 11.7. The maximum absolute atomic E-state index is 12.6. The van der Waals surface area contributed by atoms with Gasteiger partial charge in [-0.1, -0.05) is 12.1 Å². The molecule has 0 bridgehead atoms. The molecule has 0 heterocycles. The number of hydrogen-bond acceptors (Lipinski definition) is 4. The van der Waals surface area contributed by atoms with Crippen molar-refractivity contribution in [2.75, 3.05) is 0 Å². The minimum Gasteiger partial charge on any atom is -0.211 e. The zero-order valence-corrected chi connectivity index (χ0v) is 11.7. The maximum atomic E-state index is 12.6. The van der Waals surface area contributed by atoms with Crippen LogP contribution in [0.15, 0.2) is 52.4 Å². The lowest BCUT2D eigenvalue weighted by atomic mass is 10.2. The summed E-state index contributed by atoms with van der Waals surface area (Å²) in [6.07, 6.45) is 2.80. The first-order chi connectivity index (χ1) is 10.6. The van der Waals surface area contributed by atoms with Crippen LogP contribution in [0, 0.1) is 18.6 Å². The fourth-order valence-corrected chi connectivity index (χ4v) is 1.46. The fraction of sp³-hybridized carbons (Fsp3) is 0.125. The smallest absolute Gasteiger partial charge is 0.211 e. The molecule has 0 radical (unpaired) electrons. The van der Waals surface area contributed by atoms with Gasteiger partial charge in [-0.2, -0.15) is 4.99 Å². The van der Waals surface area contributed by atoms with Gasteiger partial charge >= 0.3 is 0 Å². The normalized spacial score (nSPS) is 8.86. The Morgan fingerprint density at radius 1 is 1.00 bits per heavy atom. The number of aliphatic imine (C=N–C) groups is 2. The molecular formula is C16H12F2N2O2. The summed E-state index contributed by atoms with van der Waals surface area (Å²) in [5, 5.41) is 0. The summed E-state index contributed by atoms with van der Waals surface area (Å²) >= 11 is 0. The molecule has 4 nitrogen and oxygen atoms in total. The molecule has 0 amide bonds. The van der Waals surface area contributed by atoms with Gasteiger partial charge in [0, 0.05) is 0 Å². The third-order valence-electron chi connectivity index (χ3n) is 2.56. The van der Waals surface area contributed by atoms with Gasteiger partial charge in [0.05, 0.1) is 12.2 Å².